The second-order valence-corrected chi connectivity index (χ2v) is 4.08. The van der Waals surface area contributed by atoms with Gasteiger partial charge in [-0.1, -0.05) is 27.5 Å². The van der Waals surface area contributed by atoms with Gasteiger partial charge in [-0.3, -0.25) is 0 Å². The highest BCUT2D eigenvalue weighted by molar-refractivity contribution is 9.08. The Morgan fingerprint density at radius 2 is 2.06 bits per heavy atom. The SMILES string of the molecule is COC(=O)c1cc(Cl)c(CBr)c(C(F)(F)F)c1. The van der Waals surface area contributed by atoms with Crippen molar-refractivity contribution >= 4 is 33.5 Å². The first kappa shape index (κ1) is 14.3. The molecule has 17 heavy (non-hydrogen) atoms. The van der Waals surface area contributed by atoms with Gasteiger partial charge in [0.25, 0.3) is 0 Å². The molecule has 0 aliphatic carbocycles. The lowest BCUT2D eigenvalue weighted by atomic mass is 10.0. The van der Waals surface area contributed by atoms with Crippen LogP contribution in [0.15, 0.2) is 12.1 Å². The van der Waals surface area contributed by atoms with Gasteiger partial charge in [0.2, 0.25) is 0 Å². The highest BCUT2D eigenvalue weighted by atomic mass is 79.9. The number of methoxy groups -OCH3 is 1. The molecule has 0 heterocycles. The first-order valence-corrected chi connectivity index (χ1v) is 5.85. The summed E-state index contributed by atoms with van der Waals surface area (Å²) in [6.07, 6.45) is -4.57. The average molecular weight is 332 g/mol. The molecule has 0 saturated heterocycles. The number of alkyl halides is 4. The first-order valence-electron chi connectivity index (χ1n) is 4.35. The second kappa shape index (κ2) is 5.27. The molecule has 0 bridgehead atoms. The van der Waals surface area contributed by atoms with Gasteiger partial charge in [-0.25, -0.2) is 4.79 Å². The molecule has 0 N–H and O–H groups in total. The number of carbonyl (C=O) groups is 1. The Hall–Kier alpha value is -0.750. The van der Waals surface area contributed by atoms with Gasteiger partial charge in [-0.05, 0) is 17.7 Å². The Bertz CT molecular complexity index is 446. The van der Waals surface area contributed by atoms with Crippen LogP contribution in [0.5, 0.6) is 0 Å². The lowest BCUT2D eigenvalue weighted by Gasteiger charge is -2.14. The lowest BCUT2D eigenvalue weighted by Crippen LogP contribution is -2.12. The molecule has 94 valence electrons. The highest BCUT2D eigenvalue weighted by Gasteiger charge is 2.35. The molecule has 0 fully saturated rings. The van der Waals surface area contributed by atoms with Crippen molar-refractivity contribution in [1.82, 2.24) is 0 Å². The number of hydrogen-bond acceptors (Lipinski definition) is 2. The Morgan fingerprint density at radius 1 is 1.47 bits per heavy atom. The zero-order chi connectivity index (χ0) is 13.2. The second-order valence-electron chi connectivity index (χ2n) is 3.11. The van der Waals surface area contributed by atoms with Crippen molar-refractivity contribution in [3.8, 4) is 0 Å². The van der Waals surface area contributed by atoms with E-state index in [9.17, 15) is 18.0 Å². The van der Waals surface area contributed by atoms with E-state index in [1.54, 1.807) is 0 Å². The normalized spacial score (nSPS) is 11.4. The van der Waals surface area contributed by atoms with Crippen molar-refractivity contribution in [3.05, 3.63) is 33.8 Å². The number of esters is 1. The summed E-state index contributed by atoms with van der Waals surface area (Å²) in [7, 11) is 1.09. The fourth-order valence-electron chi connectivity index (χ4n) is 1.26. The third-order valence-electron chi connectivity index (χ3n) is 2.06. The largest absolute Gasteiger partial charge is 0.465 e. The van der Waals surface area contributed by atoms with E-state index >= 15 is 0 Å². The molecular formula is C10H7BrClF3O2. The predicted molar refractivity (Wildman–Crippen MR) is 60.4 cm³/mol. The minimum Gasteiger partial charge on any atom is -0.465 e. The van der Waals surface area contributed by atoms with Crippen LogP contribution in [0, 0.1) is 0 Å². The predicted octanol–water partition coefficient (Wildman–Crippen LogP) is 4.04. The van der Waals surface area contributed by atoms with Crippen LogP contribution in [0.3, 0.4) is 0 Å². The molecular weight excluding hydrogens is 324 g/mol. The summed E-state index contributed by atoms with van der Waals surface area (Å²) in [5.74, 6) is -0.862. The van der Waals surface area contributed by atoms with Crippen molar-refractivity contribution < 1.29 is 22.7 Å². The lowest BCUT2D eigenvalue weighted by molar-refractivity contribution is -0.138. The van der Waals surface area contributed by atoms with E-state index < -0.39 is 17.7 Å². The molecule has 7 heteroatoms. The van der Waals surface area contributed by atoms with Crippen LogP contribution >= 0.6 is 27.5 Å². The molecule has 0 spiro atoms. The maximum Gasteiger partial charge on any atom is 0.416 e. The van der Waals surface area contributed by atoms with Crippen LogP contribution in [0.1, 0.15) is 21.5 Å². The summed E-state index contributed by atoms with van der Waals surface area (Å²) >= 11 is 8.63. The van der Waals surface area contributed by atoms with E-state index in [0.29, 0.717) is 0 Å². The monoisotopic (exact) mass is 330 g/mol. The van der Waals surface area contributed by atoms with Crippen LogP contribution in [0.4, 0.5) is 13.2 Å². The van der Waals surface area contributed by atoms with E-state index in [2.05, 4.69) is 20.7 Å². The van der Waals surface area contributed by atoms with E-state index in [1.807, 2.05) is 0 Å². The minimum absolute atomic E-state index is 0.0534. The fraction of sp³-hybridized carbons (Fsp3) is 0.300. The summed E-state index contributed by atoms with van der Waals surface area (Å²) in [4.78, 5) is 11.2. The van der Waals surface area contributed by atoms with Crippen molar-refractivity contribution in [2.75, 3.05) is 7.11 Å². The molecule has 1 aromatic carbocycles. The van der Waals surface area contributed by atoms with Gasteiger partial charge in [-0.15, -0.1) is 0 Å². The zero-order valence-corrected chi connectivity index (χ0v) is 10.9. The first-order chi connectivity index (χ1) is 7.81. The Morgan fingerprint density at radius 3 is 2.47 bits per heavy atom. The third-order valence-corrected chi connectivity index (χ3v) is 2.95. The Kier molecular flexibility index (Phi) is 4.43. The highest BCUT2D eigenvalue weighted by Crippen LogP contribution is 2.37. The van der Waals surface area contributed by atoms with E-state index in [1.165, 1.54) is 0 Å². The van der Waals surface area contributed by atoms with Gasteiger partial charge in [0.05, 0.1) is 18.2 Å². The quantitative estimate of drug-likeness (QED) is 0.604. The van der Waals surface area contributed by atoms with Gasteiger partial charge in [0, 0.05) is 10.4 Å². The molecule has 0 aliphatic heterocycles. The molecule has 1 aromatic rings. The molecule has 0 unspecified atom stereocenters. The molecule has 0 atom stereocenters. The molecule has 0 aliphatic rings. The number of halogens is 5. The van der Waals surface area contributed by atoms with Gasteiger partial charge in [0.1, 0.15) is 0 Å². The summed E-state index contributed by atoms with van der Waals surface area (Å²) in [5, 5.41) is -0.181. The van der Waals surface area contributed by atoms with E-state index in [0.717, 1.165) is 19.2 Å². The van der Waals surface area contributed by atoms with Crippen molar-refractivity contribution in [1.29, 1.82) is 0 Å². The van der Waals surface area contributed by atoms with Crippen LogP contribution < -0.4 is 0 Å². The van der Waals surface area contributed by atoms with Crippen LogP contribution in [-0.2, 0) is 16.2 Å². The number of rotatable bonds is 2. The fourth-order valence-corrected chi connectivity index (χ4v) is 2.31. The molecule has 1 rings (SSSR count). The van der Waals surface area contributed by atoms with Gasteiger partial charge in [-0.2, -0.15) is 13.2 Å². The Labute approximate surface area is 109 Å². The topological polar surface area (TPSA) is 26.3 Å². The summed E-state index contributed by atoms with van der Waals surface area (Å²) in [6, 6.07) is 1.88. The van der Waals surface area contributed by atoms with E-state index in [-0.39, 0.29) is 21.5 Å². The smallest absolute Gasteiger partial charge is 0.416 e. The van der Waals surface area contributed by atoms with Crippen LogP contribution in [0.2, 0.25) is 5.02 Å². The van der Waals surface area contributed by atoms with Crippen LogP contribution in [0.25, 0.3) is 0 Å². The Balaban J connectivity index is 3.44. The van der Waals surface area contributed by atoms with Gasteiger partial charge in [0.15, 0.2) is 0 Å². The van der Waals surface area contributed by atoms with Crippen molar-refractivity contribution in [2.45, 2.75) is 11.5 Å². The minimum atomic E-state index is -4.57. The number of hydrogen-bond donors (Lipinski definition) is 0. The summed E-state index contributed by atoms with van der Waals surface area (Å²) < 4.78 is 42.5. The van der Waals surface area contributed by atoms with Gasteiger partial charge >= 0.3 is 12.1 Å². The average Bonchev–Trinajstić information content (AvgIpc) is 2.25. The maximum atomic E-state index is 12.7. The molecule has 0 radical (unpaired) electrons. The molecule has 0 saturated carbocycles. The molecule has 0 amide bonds. The van der Waals surface area contributed by atoms with Crippen molar-refractivity contribution in [3.63, 3.8) is 0 Å². The summed E-state index contributed by atoms with van der Waals surface area (Å²) in [6.45, 7) is 0. The standard InChI is InChI=1S/C10H7BrClF3O2/c1-17-9(16)5-2-7(10(13,14)15)6(4-11)8(12)3-5/h2-3H,4H2,1H3. The number of benzene rings is 1. The zero-order valence-electron chi connectivity index (χ0n) is 8.57. The summed E-state index contributed by atoms with van der Waals surface area (Å²) in [5.41, 5.74) is -1.27. The van der Waals surface area contributed by atoms with E-state index in [4.69, 9.17) is 11.6 Å². The number of ether oxygens (including phenoxy) is 1. The van der Waals surface area contributed by atoms with Crippen LogP contribution in [-0.4, -0.2) is 13.1 Å². The molecule has 0 aromatic heterocycles. The third kappa shape index (κ3) is 3.13. The van der Waals surface area contributed by atoms with Crippen molar-refractivity contribution in [2.24, 2.45) is 0 Å². The number of carbonyl (C=O) groups excluding carboxylic acids is 1. The molecule has 2 nitrogen and oxygen atoms in total. The van der Waals surface area contributed by atoms with Gasteiger partial charge < -0.3 is 4.74 Å². The maximum absolute atomic E-state index is 12.7.